The number of hydrogen-bond acceptors (Lipinski definition) is 3. The summed E-state index contributed by atoms with van der Waals surface area (Å²) in [6.45, 7) is 6.87. The Balaban J connectivity index is 2.35. The number of nitrogens with zero attached hydrogens (tertiary/aromatic N) is 1. The Morgan fingerprint density at radius 1 is 1.53 bits per heavy atom. The Hall–Kier alpha value is -1.42. The quantitative estimate of drug-likeness (QED) is 0.741. The first-order valence-corrected chi connectivity index (χ1v) is 5.78. The summed E-state index contributed by atoms with van der Waals surface area (Å²) in [5.41, 5.74) is 1.50. The molecule has 0 aromatic carbocycles. The van der Waals surface area contributed by atoms with E-state index in [4.69, 9.17) is 5.11 Å². The van der Waals surface area contributed by atoms with Gasteiger partial charge in [-0.05, 0) is 45.4 Å². The van der Waals surface area contributed by atoms with E-state index >= 15 is 0 Å². The normalized spacial score (nSPS) is 11.5. The smallest absolute Gasteiger partial charge is 0.309 e. The molecule has 0 aliphatic carbocycles. The van der Waals surface area contributed by atoms with Gasteiger partial charge in [0.2, 0.25) is 0 Å². The molecule has 0 aliphatic heterocycles. The van der Waals surface area contributed by atoms with Gasteiger partial charge < -0.3 is 10.4 Å². The van der Waals surface area contributed by atoms with Crippen molar-refractivity contribution in [2.24, 2.45) is 5.41 Å². The SMILES string of the molecule is Cc1ncccc1CNCCC(C)(C)C(=O)O. The first-order chi connectivity index (χ1) is 7.93. The van der Waals surface area contributed by atoms with Gasteiger partial charge in [0, 0.05) is 18.4 Å². The lowest BCUT2D eigenvalue weighted by atomic mass is 9.90. The molecule has 1 aromatic rings. The van der Waals surface area contributed by atoms with E-state index in [1.807, 2.05) is 19.1 Å². The van der Waals surface area contributed by atoms with Gasteiger partial charge in [0.1, 0.15) is 0 Å². The van der Waals surface area contributed by atoms with Crippen LogP contribution in [0.1, 0.15) is 31.5 Å². The van der Waals surface area contributed by atoms with E-state index < -0.39 is 11.4 Å². The number of aromatic nitrogens is 1. The van der Waals surface area contributed by atoms with E-state index in [1.165, 1.54) is 0 Å². The van der Waals surface area contributed by atoms with Crippen LogP contribution in [0.2, 0.25) is 0 Å². The van der Waals surface area contributed by atoms with Crippen LogP contribution in [0.25, 0.3) is 0 Å². The Labute approximate surface area is 102 Å². The van der Waals surface area contributed by atoms with Crippen molar-refractivity contribution in [2.45, 2.75) is 33.7 Å². The molecule has 94 valence electrons. The fourth-order valence-corrected chi connectivity index (χ4v) is 1.44. The highest BCUT2D eigenvalue weighted by atomic mass is 16.4. The minimum absolute atomic E-state index is 0.613. The van der Waals surface area contributed by atoms with E-state index in [0.29, 0.717) is 13.0 Å². The Morgan fingerprint density at radius 2 is 2.24 bits per heavy atom. The summed E-state index contributed by atoms with van der Waals surface area (Å²) in [5, 5.41) is 12.2. The van der Waals surface area contributed by atoms with E-state index in [0.717, 1.165) is 17.8 Å². The third kappa shape index (κ3) is 4.15. The fourth-order valence-electron chi connectivity index (χ4n) is 1.44. The van der Waals surface area contributed by atoms with E-state index in [2.05, 4.69) is 10.3 Å². The molecule has 0 amide bonds. The molecule has 0 bridgehead atoms. The van der Waals surface area contributed by atoms with Gasteiger partial charge >= 0.3 is 5.97 Å². The standard InChI is InChI=1S/C13H20N2O2/c1-10-11(5-4-7-15-10)9-14-8-6-13(2,3)12(16)17/h4-5,7,14H,6,8-9H2,1-3H3,(H,16,17). The molecule has 1 rings (SSSR count). The van der Waals surface area contributed by atoms with Gasteiger partial charge in [-0.1, -0.05) is 6.07 Å². The van der Waals surface area contributed by atoms with Crippen LogP contribution < -0.4 is 5.32 Å². The van der Waals surface area contributed by atoms with Crippen molar-refractivity contribution in [3.05, 3.63) is 29.6 Å². The van der Waals surface area contributed by atoms with Crippen molar-refractivity contribution in [3.63, 3.8) is 0 Å². The van der Waals surface area contributed by atoms with Crippen molar-refractivity contribution in [2.75, 3.05) is 6.54 Å². The van der Waals surface area contributed by atoms with E-state index in [1.54, 1.807) is 20.0 Å². The summed E-state index contributed by atoms with van der Waals surface area (Å²) < 4.78 is 0. The molecule has 0 aliphatic rings. The minimum Gasteiger partial charge on any atom is -0.481 e. The number of pyridine rings is 1. The average Bonchev–Trinajstić information content (AvgIpc) is 2.26. The average molecular weight is 236 g/mol. The molecule has 0 radical (unpaired) electrons. The molecule has 0 saturated heterocycles. The Kier molecular flexibility index (Phi) is 4.63. The summed E-state index contributed by atoms with van der Waals surface area (Å²) in [5.74, 6) is -0.753. The van der Waals surface area contributed by atoms with Gasteiger partial charge in [-0.25, -0.2) is 0 Å². The van der Waals surface area contributed by atoms with Gasteiger partial charge in [-0.3, -0.25) is 9.78 Å². The van der Waals surface area contributed by atoms with Gasteiger partial charge in [0.15, 0.2) is 0 Å². The zero-order chi connectivity index (χ0) is 12.9. The number of nitrogens with one attached hydrogen (secondary N) is 1. The maximum Gasteiger partial charge on any atom is 0.309 e. The summed E-state index contributed by atoms with van der Waals surface area (Å²) in [4.78, 5) is 15.1. The Morgan fingerprint density at radius 3 is 2.82 bits per heavy atom. The summed E-state index contributed by atoms with van der Waals surface area (Å²) >= 11 is 0. The van der Waals surface area contributed by atoms with Crippen molar-refractivity contribution < 1.29 is 9.90 Å². The second kappa shape index (κ2) is 5.77. The molecule has 2 N–H and O–H groups in total. The van der Waals surface area contributed by atoms with Crippen molar-refractivity contribution in [3.8, 4) is 0 Å². The number of rotatable bonds is 6. The molecule has 17 heavy (non-hydrogen) atoms. The van der Waals surface area contributed by atoms with Crippen LogP contribution in [-0.4, -0.2) is 22.6 Å². The fraction of sp³-hybridized carbons (Fsp3) is 0.538. The molecule has 0 saturated carbocycles. The topological polar surface area (TPSA) is 62.2 Å². The van der Waals surface area contributed by atoms with Crippen molar-refractivity contribution >= 4 is 5.97 Å². The third-order valence-corrected chi connectivity index (χ3v) is 2.94. The van der Waals surface area contributed by atoms with E-state index in [9.17, 15) is 4.79 Å². The van der Waals surface area contributed by atoms with Crippen molar-refractivity contribution in [1.29, 1.82) is 0 Å². The van der Waals surface area contributed by atoms with Crippen LogP contribution in [-0.2, 0) is 11.3 Å². The maximum absolute atomic E-state index is 10.9. The molecular weight excluding hydrogens is 216 g/mol. The van der Waals surface area contributed by atoms with Crippen molar-refractivity contribution in [1.82, 2.24) is 10.3 Å². The van der Waals surface area contributed by atoms with Gasteiger partial charge in [0.05, 0.1) is 5.41 Å². The van der Waals surface area contributed by atoms with E-state index in [-0.39, 0.29) is 0 Å². The highest BCUT2D eigenvalue weighted by Crippen LogP contribution is 2.19. The lowest BCUT2D eigenvalue weighted by Gasteiger charge is -2.19. The number of hydrogen-bond donors (Lipinski definition) is 2. The van der Waals surface area contributed by atoms with Crippen LogP contribution in [0.15, 0.2) is 18.3 Å². The highest BCUT2D eigenvalue weighted by Gasteiger charge is 2.25. The monoisotopic (exact) mass is 236 g/mol. The maximum atomic E-state index is 10.9. The second-order valence-corrected chi connectivity index (χ2v) is 4.86. The van der Waals surface area contributed by atoms with Gasteiger partial charge in [0.25, 0.3) is 0 Å². The number of aliphatic carboxylic acids is 1. The van der Waals surface area contributed by atoms with Gasteiger partial charge in [-0.15, -0.1) is 0 Å². The highest BCUT2D eigenvalue weighted by molar-refractivity contribution is 5.73. The number of carbonyl (C=O) groups is 1. The van der Waals surface area contributed by atoms with Crippen LogP contribution in [0, 0.1) is 12.3 Å². The zero-order valence-corrected chi connectivity index (χ0v) is 10.7. The third-order valence-electron chi connectivity index (χ3n) is 2.94. The molecule has 0 fully saturated rings. The van der Waals surface area contributed by atoms with Crippen LogP contribution in [0.3, 0.4) is 0 Å². The second-order valence-electron chi connectivity index (χ2n) is 4.86. The summed E-state index contributed by atoms with van der Waals surface area (Å²) in [7, 11) is 0. The first-order valence-electron chi connectivity index (χ1n) is 5.78. The summed E-state index contributed by atoms with van der Waals surface area (Å²) in [6, 6.07) is 3.93. The minimum atomic E-state index is -0.753. The lowest BCUT2D eigenvalue weighted by Crippen LogP contribution is -2.29. The first kappa shape index (κ1) is 13.6. The molecular formula is C13H20N2O2. The number of carboxylic acids is 1. The molecule has 0 atom stereocenters. The largest absolute Gasteiger partial charge is 0.481 e. The molecule has 4 heteroatoms. The molecule has 4 nitrogen and oxygen atoms in total. The summed E-state index contributed by atoms with van der Waals surface area (Å²) in [6.07, 6.45) is 2.38. The lowest BCUT2D eigenvalue weighted by molar-refractivity contribution is -0.147. The molecule has 1 heterocycles. The van der Waals surface area contributed by atoms with Crippen LogP contribution in [0.5, 0.6) is 0 Å². The molecule has 0 unspecified atom stereocenters. The number of aryl methyl sites for hydroxylation is 1. The van der Waals surface area contributed by atoms with Crippen LogP contribution in [0.4, 0.5) is 0 Å². The predicted molar refractivity (Wildman–Crippen MR) is 66.7 cm³/mol. The van der Waals surface area contributed by atoms with Gasteiger partial charge in [-0.2, -0.15) is 0 Å². The van der Waals surface area contributed by atoms with Crippen LogP contribution >= 0.6 is 0 Å². The zero-order valence-electron chi connectivity index (χ0n) is 10.7. The molecule has 0 spiro atoms. The molecule has 1 aromatic heterocycles. The number of carboxylic acid groups (broad SMARTS) is 1. The Bertz CT molecular complexity index is 389. The predicted octanol–water partition coefficient (Wildman–Crippen LogP) is 1.98.